The number of pyridine rings is 1. The van der Waals surface area contributed by atoms with Crippen molar-refractivity contribution in [3.05, 3.63) is 66.0 Å². The van der Waals surface area contributed by atoms with Crippen LogP contribution in [0.25, 0.3) is 0 Å². The van der Waals surface area contributed by atoms with E-state index in [1.165, 1.54) is 24.0 Å². The normalized spacial score (nSPS) is 16.7. The van der Waals surface area contributed by atoms with E-state index in [9.17, 15) is 0 Å². The highest BCUT2D eigenvalue weighted by molar-refractivity contribution is 5.24. The van der Waals surface area contributed by atoms with E-state index in [0.29, 0.717) is 5.92 Å². The zero-order valence-corrected chi connectivity index (χ0v) is 9.92. The Balaban J connectivity index is 1.82. The van der Waals surface area contributed by atoms with Gasteiger partial charge in [-0.05, 0) is 54.4 Å². The van der Waals surface area contributed by atoms with Crippen molar-refractivity contribution in [2.24, 2.45) is 5.92 Å². The molecule has 1 heterocycles. The molecule has 0 N–H and O–H groups in total. The van der Waals surface area contributed by atoms with Crippen molar-refractivity contribution in [3.63, 3.8) is 0 Å². The van der Waals surface area contributed by atoms with Crippen molar-refractivity contribution in [3.8, 4) is 0 Å². The Hall–Kier alpha value is -1.63. The van der Waals surface area contributed by atoms with Crippen LogP contribution in [0.15, 0.2) is 54.9 Å². The molecule has 1 aliphatic rings. The molecule has 3 rings (SSSR count). The third-order valence-corrected chi connectivity index (χ3v) is 3.62. The molecule has 1 atom stereocenters. The number of hydrogen-bond donors (Lipinski definition) is 0. The Bertz CT molecular complexity index is 459. The number of nitrogens with zero attached hydrogens (tertiary/aromatic N) is 1. The molecule has 86 valence electrons. The predicted octanol–water partition coefficient (Wildman–Crippen LogP) is 3.82. The van der Waals surface area contributed by atoms with Crippen LogP contribution in [0.3, 0.4) is 0 Å². The molecule has 1 nitrogen and oxygen atoms in total. The van der Waals surface area contributed by atoms with Crippen LogP contribution in [0.5, 0.6) is 0 Å². The molecule has 1 fully saturated rings. The molecule has 1 heteroatoms. The topological polar surface area (TPSA) is 12.9 Å². The summed E-state index contributed by atoms with van der Waals surface area (Å²) < 4.78 is 0. The van der Waals surface area contributed by atoms with Crippen molar-refractivity contribution in [2.45, 2.75) is 25.2 Å². The summed E-state index contributed by atoms with van der Waals surface area (Å²) in [5.41, 5.74) is 2.90. The zero-order chi connectivity index (χ0) is 11.5. The van der Waals surface area contributed by atoms with Crippen molar-refractivity contribution in [2.75, 3.05) is 0 Å². The molecule has 0 saturated heterocycles. The first-order valence-corrected chi connectivity index (χ1v) is 6.37. The SMILES string of the molecule is c1ccc(CC(c2ccncc2)C2CC2)cc1. The summed E-state index contributed by atoms with van der Waals surface area (Å²) in [5.74, 6) is 1.57. The molecule has 0 aliphatic heterocycles. The van der Waals surface area contributed by atoms with Crippen molar-refractivity contribution in [1.82, 2.24) is 4.98 Å². The summed E-state index contributed by atoms with van der Waals surface area (Å²) in [6.45, 7) is 0. The Morgan fingerprint density at radius 2 is 1.71 bits per heavy atom. The summed E-state index contributed by atoms with van der Waals surface area (Å²) in [5, 5.41) is 0. The van der Waals surface area contributed by atoms with Gasteiger partial charge in [0.15, 0.2) is 0 Å². The smallest absolute Gasteiger partial charge is 0.0270 e. The molecular weight excluding hydrogens is 206 g/mol. The lowest BCUT2D eigenvalue weighted by molar-refractivity contribution is 0.601. The fourth-order valence-electron chi connectivity index (χ4n) is 2.53. The lowest BCUT2D eigenvalue weighted by Crippen LogP contribution is -2.05. The van der Waals surface area contributed by atoms with E-state index in [0.717, 1.165) is 12.3 Å². The molecule has 1 aromatic heterocycles. The average Bonchev–Trinajstić information content (AvgIpc) is 3.23. The third-order valence-electron chi connectivity index (χ3n) is 3.62. The summed E-state index contributed by atoms with van der Waals surface area (Å²) in [4.78, 5) is 4.11. The molecule has 2 aromatic rings. The number of benzene rings is 1. The van der Waals surface area contributed by atoms with E-state index in [-0.39, 0.29) is 0 Å². The summed E-state index contributed by atoms with van der Waals surface area (Å²) in [6, 6.07) is 15.2. The molecule has 0 bridgehead atoms. The van der Waals surface area contributed by atoms with Crippen LogP contribution < -0.4 is 0 Å². The summed E-state index contributed by atoms with van der Waals surface area (Å²) in [6.07, 6.45) is 7.76. The van der Waals surface area contributed by atoms with Gasteiger partial charge in [0.2, 0.25) is 0 Å². The second-order valence-electron chi connectivity index (χ2n) is 4.91. The maximum Gasteiger partial charge on any atom is 0.0270 e. The lowest BCUT2D eigenvalue weighted by atomic mass is 9.88. The van der Waals surface area contributed by atoms with Gasteiger partial charge in [-0.25, -0.2) is 0 Å². The molecule has 1 aromatic carbocycles. The Labute approximate surface area is 103 Å². The van der Waals surface area contributed by atoms with Gasteiger partial charge in [-0.1, -0.05) is 30.3 Å². The summed E-state index contributed by atoms with van der Waals surface area (Å²) >= 11 is 0. The Morgan fingerprint density at radius 3 is 2.35 bits per heavy atom. The molecule has 1 unspecified atom stereocenters. The maximum atomic E-state index is 4.11. The molecule has 1 aliphatic carbocycles. The largest absolute Gasteiger partial charge is 0.265 e. The van der Waals surface area contributed by atoms with E-state index in [4.69, 9.17) is 0 Å². The van der Waals surface area contributed by atoms with Gasteiger partial charge in [0.05, 0.1) is 0 Å². The van der Waals surface area contributed by atoms with Gasteiger partial charge in [-0.2, -0.15) is 0 Å². The quantitative estimate of drug-likeness (QED) is 0.768. The van der Waals surface area contributed by atoms with Crippen LogP contribution in [0.1, 0.15) is 29.9 Å². The first-order chi connectivity index (χ1) is 8.43. The molecule has 0 amide bonds. The zero-order valence-electron chi connectivity index (χ0n) is 9.92. The highest BCUT2D eigenvalue weighted by Crippen LogP contribution is 2.44. The van der Waals surface area contributed by atoms with Crippen LogP contribution in [-0.4, -0.2) is 4.98 Å². The number of hydrogen-bond acceptors (Lipinski definition) is 1. The molecule has 17 heavy (non-hydrogen) atoms. The second kappa shape index (κ2) is 4.70. The minimum absolute atomic E-state index is 0.681. The van der Waals surface area contributed by atoms with Gasteiger partial charge < -0.3 is 0 Å². The van der Waals surface area contributed by atoms with E-state index in [1.54, 1.807) is 0 Å². The molecule has 0 spiro atoms. The highest BCUT2D eigenvalue weighted by atomic mass is 14.6. The summed E-state index contributed by atoms with van der Waals surface area (Å²) in [7, 11) is 0. The Kier molecular flexibility index (Phi) is 2.91. The molecular formula is C16H17N. The fraction of sp³-hybridized carbons (Fsp3) is 0.312. The van der Waals surface area contributed by atoms with Crippen molar-refractivity contribution >= 4 is 0 Å². The highest BCUT2D eigenvalue weighted by Gasteiger charge is 2.32. The van der Waals surface area contributed by atoms with Gasteiger partial charge in [0.1, 0.15) is 0 Å². The van der Waals surface area contributed by atoms with E-state index < -0.39 is 0 Å². The first kappa shape index (κ1) is 10.5. The predicted molar refractivity (Wildman–Crippen MR) is 69.8 cm³/mol. The van der Waals surface area contributed by atoms with Crippen molar-refractivity contribution in [1.29, 1.82) is 0 Å². The van der Waals surface area contributed by atoms with Gasteiger partial charge in [0, 0.05) is 12.4 Å². The van der Waals surface area contributed by atoms with E-state index in [2.05, 4.69) is 47.4 Å². The molecule has 1 saturated carbocycles. The third kappa shape index (κ3) is 2.55. The average molecular weight is 223 g/mol. The van der Waals surface area contributed by atoms with Gasteiger partial charge >= 0.3 is 0 Å². The maximum absolute atomic E-state index is 4.11. The standard InChI is InChI=1S/C16H17N/c1-2-4-13(5-3-1)12-16(14-6-7-14)15-8-10-17-11-9-15/h1-5,8-11,14,16H,6-7,12H2. The van der Waals surface area contributed by atoms with Gasteiger partial charge in [-0.15, -0.1) is 0 Å². The van der Waals surface area contributed by atoms with Gasteiger partial charge in [-0.3, -0.25) is 4.98 Å². The minimum atomic E-state index is 0.681. The van der Waals surface area contributed by atoms with Crippen LogP contribution in [0, 0.1) is 5.92 Å². The monoisotopic (exact) mass is 223 g/mol. The lowest BCUT2D eigenvalue weighted by Gasteiger charge is -2.16. The molecule has 0 radical (unpaired) electrons. The van der Waals surface area contributed by atoms with Gasteiger partial charge in [0.25, 0.3) is 0 Å². The number of rotatable bonds is 4. The van der Waals surface area contributed by atoms with E-state index >= 15 is 0 Å². The van der Waals surface area contributed by atoms with Crippen LogP contribution in [0.4, 0.5) is 0 Å². The van der Waals surface area contributed by atoms with E-state index in [1.807, 2.05) is 12.4 Å². The van der Waals surface area contributed by atoms with Crippen molar-refractivity contribution < 1.29 is 0 Å². The van der Waals surface area contributed by atoms with Crippen LogP contribution in [0.2, 0.25) is 0 Å². The first-order valence-electron chi connectivity index (χ1n) is 6.37. The minimum Gasteiger partial charge on any atom is -0.265 e. The second-order valence-corrected chi connectivity index (χ2v) is 4.91. The van der Waals surface area contributed by atoms with Crippen LogP contribution >= 0.6 is 0 Å². The van der Waals surface area contributed by atoms with Crippen LogP contribution in [-0.2, 0) is 6.42 Å². The Morgan fingerprint density at radius 1 is 1.00 bits per heavy atom. The fourth-order valence-corrected chi connectivity index (χ4v) is 2.53. The number of aromatic nitrogens is 1.